The fourth-order valence-electron chi connectivity index (χ4n) is 2.01. The molecule has 0 radical (unpaired) electrons. The molecule has 8 heteroatoms. The molecule has 0 unspecified atom stereocenters. The lowest BCUT2D eigenvalue weighted by Gasteiger charge is -2.11. The van der Waals surface area contributed by atoms with Crippen LogP contribution in [0, 0.1) is 0 Å². The predicted octanol–water partition coefficient (Wildman–Crippen LogP) is 3.56. The van der Waals surface area contributed by atoms with Gasteiger partial charge in [0.2, 0.25) is 6.39 Å². The molecule has 0 N–H and O–H groups in total. The Bertz CT molecular complexity index is 838. The highest BCUT2D eigenvalue weighted by atomic mass is 19.3. The number of rotatable bonds is 5. The summed E-state index contributed by atoms with van der Waals surface area (Å²) < 4.78 is 39.6. The second kappa shape index (κ2) is 6.86. The summed E-state index contributed by atoms with van der Waals surface area (Å²) in [6.07, 6.45) is 1.14. The van der Waals surface area contributed by atoms with E-state index in [1.807, 2.05) is 0 Å². The van der Waals surface area contributed by atoms with Crippen LogP contribution in [-0.2, 0) is 0 Å². The quantitative estimate of drug-likeness (QED) is 0.525. The number of hydrogen-bond acceptors (Lipinski definition) is 6. The van der Waals surface area contributed by atoms with Crippen molar-refractivity contribution >= 4 is 5.97 Å². The second-order valence-corrected chi connectivity index (χ2v) is 4.50. The number of esters is 1. The molecule has 1 heterocycles. The van der Waals surface area contributed by atoms with Crippen LogP contribution in [0.25, 0.3) is 11.5 Å². The summed E-state index contributed by atoms with van der Waals surface area (Å²) in [5.41, 5.74) is 0.272. The summed E-state index contributed by atoms with van der Waals surface area (Å²) in [4.78, 5) is 12.3. The molecule has 1 aromatic heterocycles. The maximum absolute atomic E-state index is 12.4. The summed E-state index contributed by atoms with van der Waals surface area (Å²) in [5.74, 6) is -0.805. The molecule has 0 saturated heterocycles. The molecule has 0 saturated carbocycles. The van der Waals surface area contributed by atoms with E-state index in [9.17, 15) is 13.6 Å². The minimum Gasteiger partial charge on any atom is -0.434 e. The smallest absolute Gasteiger partial charge is 0.387 e. The lowest BCUT2D eigenvalue weighted by atomic mass is 10.2. The first-order valence-electron chi connectivity index (χ1n) is 6.76. The van der Waals surface area contributed by atoms with Crippen molar-refractivity contribution in [2.75, 3.05) is 0 Å². The maximum Gasteiger partial charge on any atom is 0.387 e. The number of halogens is 2. The molecule has 0 fully saturated rings. The molecular weight excluding hydrogens is 322 g/mol. The van der Waals surface area contributed by atoms with Crippen molar-refractivity contribution in [1.29, 1.82) is 0 Å². The third-order valence-electron chi connectivity index (χ3n) is 3.00. The highest BCUT2D eigenvalue weighted by Gasteiger charge is 2.19. The van der Waals surface area contributed by atoms with Gasteiger partial charge in [-0.2, -0.15) is 8.78 Å². The van der Waals surface area contributed by atoms with E-state index in [1.54, 1.807) is 18.2 Å². The molecule has 0 aliphatic heterocycles. The van der Waals surface area contributed by atoms with Gasteiger partial charge in [-0.3, -0.25) is 0 Å². The topological polar surface area (TPSA) is 74.5 Å². The molecule has 24 heavy (non-hydrogen) atoms. The van der Waals surface area contributed by atoms with Gasteiger partial charge in [-0.05, 0) is 24.3 Å². The number of ether oxygens (including phenoxy) is 2. The maximum atomic E-state index is 12.4. The zero-order valence-corrected chi connectivity index (χ0v) is 12.1. The van der Waals surface area contributed by atoms with Crippen molar-refractivity contribution < 1.29 is 27.5 Å². The molecule has 0 spiro atoms. The molecule has 122 valence electrons. The van der Waals surface area contributed by atoms with E-state index >= 15 is 0 Å². The van der Waals surface area contributed by atoms with Crippen molar-refractivity contribution in [3.8, 4) is 23.0 Å². The molecule has 3 aromatic rings. The zero-order chi connectivity index (χ0) is 16.9. The number of hydrogen-bond donors (Lipinski definition) is 0. The highest BCUT2D eigenvalue weighted by molar-refractivity contribution is 5.94. The van der Waals surface area contributed by atoms with E-state index in [2.05, 4.69) is 14.9 Å². The Morgan fingerprint density at radius 1 is 1.04 bits per heavy atom. The molecular formula is C16H10F2N2O4. The second-order valence-electron chi connectivity index (χ2n) is 4.50. The van der Waals surface area contributed by atoms with Gasteiger partial charge in [-0.25, -0.2) is 4.79 Å². The minimum absolute atomic E-state index is 0.127. The SMILES string of the molecule is O=C(Oc1ccccc1-c1nnco1)c1ccccc1OC(F)F. The average molecular weight is 332 g/mol. The van der Waals surface area contributed by atoms with E-state index in [0.717, 1.165) is 6.39 Å². The molecule has 2 aromatic carbocycles. The van der Waals surface area contributed by atoms with Crippen LogP contribution in [0.1, 0.15) is 10.4 Å². The van der Waals surface area contributed by atoms with Gasteiger partial charge in [0.25, 0.3) is 5.89 Å². The summed E-state index contributed by atoms with van der Waals surface area (Å²) in [6.45, 7) is -3.05. The molecule has 0 aliphatic rings. The first kappa shape index (κ1) is 15.6. The Morgan fingerprint density at radius 3 is 2.46 bits per heavy atom. The molecule has 0 aliphatic carbocycles. The van der Waals surface area contributed by atoms with Gasteiger partial charge in [0.15, 0.2) is 0 Å². The van der Waals surface area contributed by atoms with Crippen LogP contribution < -0.4 is 9.47 Å². The zero-order valence-electron chi connectivity index (χ0n) is 12.1. The monoisotopic (exact) mass is 332 g/mol. The normalized spacial score (nSPS) is 10.6. The number of benzene rings is 2. The first-order chi connectivity index (χ1) is 11.6. The lowest BCUT2D eigenvalue weighted by Crippen LogP contribution is -2.13. The van der Waals surface area contributed by atoms with E-state index in [-0.39, 0.29) is 23.0 Å². The fourth-order valence-corrected chi connectivity index (χ4v) is 2.01. The van der Waals surface area contributed by atoms with E-state index in [0.29, 0.717) is 5.56 Å². The summed E-state index contributed by atoms with van der Waals surface area (Å²) in [6, 6.07) is 12.1. The van der Waals surface area contributed by atoms with Crippen molar-refractivity contribution in [2.45, 2.75) is 6.61 Å². The van der Waals surface area contributed by atoms with Gasteiger partial charge < -0.3 is 13.9 Å². The lowest BCUT2D eigenvalue weighted by molar-refractivity contribution is -0.0503. The van der Waals surface area contributed by atoms with E-state index in [1.165, 1.54) is 30.3 Å². The third-order valence-corrected chi connectivity index (χ3v) is 3.00. The Morgan fingerprint density at radius 2 is 1.75 bits per heavy atom. The van der Waals surface area contributed by atoms with Crippen LogP contribution in [0.2, 0.25) is 0 Å². The summed E-state index contributed by atoms with van der Waals surface area (Å²) >= 11 is 0. The molecule has 3 rings (SSSR count). The number of nitrogens with zero attached hydrogens (tertiary/aromatic N) is 2. The van der Waals surface area contributed by atoms with Crippen LogP contribution in [0.4, 0.5) is 8.78 Å². The largest absolute Gasteiger partial charge is 0.434 e. The molecule has 0 bridgehead atoms. The Balaban J connectivity index is 1.89. The van der Waals surface area contributed by atoms with Crippen LogP contribution in [-0.4, -0.2) is 22.8 Å². The standard InChI is InChI=1S/C16H10F2N2O4/c17-16(18)24-13-8-4-2-6-11(13)15(21)23-12-7-3-1-5-10(12)14-20-19-9-22-14/h1-9,16H. The summed E-state index contributed by atoms with van der Waals surface area (Å²) in [5, 5.41) is 7.32. The summed E-state index contributed by atoms with van der Waals surface area (Å²) in [7, 11) is 0. The van der Waals surface area contributed by atoms with Crippen molar-refractivity contribution in [3.63, 3.8) is 0 Å². The van der Waals surface area contributed by atoms with Crippen LogP contribution in [0.15, 0.2) is 59.3 Å². The average Bonchev–Trinajstić information content (AvgIpc) is 3.09. The van der Waals surface area contributed by atoms with Crippen molar-refractivity contribution in [3.05, 3.63) is 60.5 Å². The molecule has 0 atom stereocenters. The van der Waals surface area contributed by atoms with Gasteiger partial charge in [0, 0.05) is 0 Å². The number of para-hydroxylation sites is 2. The first-order valence-corrected chi connectivity index (χ1v) is 6.76. The molecule has 0 amide bonds. The van der Waals surface area contributed by atoms with Crippen molar-refractivity contribution in [1.82, 2.24) is 10.2 Å². The van der Waals surface area contributed by atoms with E-state index in [4.69, 9.17) is 9.15 Å². The van der Waals surface area contributed by atoms with Crippen LogP contribution in [0.3, 0.4) is 0 Å². The number of alkyl halides is 2. The highest BCUT2D eigenvalue weighted by Crippen LogP contribution is 2.30. The van der Waals surface area contributed by atoms with Gasteiger partial charge >= 0.3 is 12.6 Å². The Hall–Kier alpha value is -3.29. The van der Waals surface area contributed by atoms with Crippen LogP contribution in [0.5, 0.6) is 11.5 Å². The number of carbonyl (C=O) groups is 1. The number of aromatic nitrogens is 2. The van der Waals surface area contributed by atoms with Gasteiger partial charge in [-0.1, -0.05) is 24.3 Å². The number of carbonyl (C=O) groups excluding carboxylic acids is 1. The van der Waals surface area contributed by atoms with Crippen molar-refractivity contribution in [2.24, 2.45) is 0 Å². The molecule has 6 nitrogen and oxygen atoms in total. The Labute approximate surface area is 134 Å². The minimum atomic E-state index is -3.05. The predicted molar refractivity (Wildman–Crippen MR) is 77.8 cm³/mol. The Kier molecular flexibility index (Phi) is 4.46. The van der Waals surface area contributed by atoms with Gasteiger partial charge in [0.05, 0.1) is 5.56 Å². The van der Waals surface area contributed by atoms with E-state index < -0.39 is 12.6 Å². The third kappa shape index (κ3) is 3.37. The van der Waals surface area contributed by atoms with Gasteiger partial charge in [0.1, 0.15) is 17.1 Å². The van der Waals surface area contributed by atoms with Crippen LogP contribution >= 0.6 is 0 Å². The van der Waals surface area contributed by atoms with Gasteiger partial charge in [-0.15, -0.1) is 10.2 Å². The fraction of sp³-hybridized carbons (Fsp3) is 0.0625.